The van der Waals surface area contributed by atoms with E-state index in [0.29, 0.717) is 31.7 Å². The number of nitrogens with two attached hydrogens (primary N) is 1. The Kier molecular flexibility index (Phi) is 6.63. The van der Waals surface area contributed by atoms with Crippen molar-refractivity contribution in [3.63, 3.8) is 0 Å². The van der Waals surface area contributed by atoms with Gasteiger partial charge < -0.3 is 20.6 Å². The molecule has 0 spiro atoms. The van der Waals surface area contributed by atoms with Crippen molar-refractivity contribution in [1.82, 2.24) is 9.80 Å². The molecule has 1 aliphatic rings. The Labute approximate surface area is 149 Å². The number of phenols is 1. The summed E-state index contributed by atoms with van der Waals surface area (Å²) in [6.07, 6.45) is 0. The normalized spacial score (nSPS) is 16.3. The predicted molar refractivity (Wildman–Crippen MR) is 95.3 cm³/mol. The van der Waals surface area contributed by atoms with Gasteiger partial charge in [0.25, 0.3) is 5.91 Å². The predicted octanol–water partition coefficient (Wildman–Crippen LogP) is 1.47. The molecule has 1 aliphatic heterocycles. The van der Waals surface area contributed by atoms with Crippen molar-refractivity contribution >= 4 is 24.2 Å². The fourth-order valence-corrected chi connectivity index (χ4v) is 2.52. The molecule has 0 saturated carbocycles. The number of halogens is 1. The van der Waals surface area contributed by atoms with Crippen molar-refractivity contribution in [2.24, 2.45) is 11.1 Å². The van der Waals surface area contributed by atoms with Crippen LogP contribution >= 0.6 is 12.4 Å². The highest BCUT2D eigenvalue weighted by molar-refractivity contribution is 5.94. The molecule has 2 amide bonds. The minimum absolute atomic E-state index is 0. The lowest BCUT2D eigenvalue weighted by Crippen LogP contribution is -2.56. The van der Waals surface area contributed by atoms with Crippen molar-refractivity contribution < 1.29 is 14.7 Å². The number of carbonyl (C=O) groups excluding carboxylic acids is 2. The molecule has 3 N–H and O–H groups in total. The van der Waals surface area contributed by atoms with Gasteiger partial charge in [0.2, 0.25) is 5.91 Å². The van der Waals surface area contributed by atoms with Crippen LogP contribution in [-0.2, 0) is 4.79 Å². The zero-order valence-corrected chi connectivity index (χ0v) is 15.2. The Balaban J connectivity index is 0.00000288. The standard InChI is InChI=1S/C17H25N3O3.ClH/c1-17(2,3)14(18)16(23)20-9-7-19(8-10-20)15(22)12-5-4-6-13(21)11-12;/h4-6,11,14,21H,7-10,18H2,1-3H3;1H/t14-;/m1./s1. The van der Waals surface area contributed by atoms with Crippen LogP contribution in [0.4, 0.5) is 0 Å². The number of nitrogens with zero attached hydrogens (tertiary/aromatic N) is 2. The zero-order valence-electron chi connectivity index (χ0n) is 14.4. The minimum atomic E-state index is -0.546. The molecule has 1 aromatic carbocycles. The fraction of sp³-hybridized carbons (Fsp3) is 0.529. The van der Waals surface area contributed by atoms with Crippen molar-refractivity contribution in [3.05, 3.63) is 29.8 Å². The number of phenolic OH excluding ortho intramolecular Hbond substituents is 1. The molecule has 1 atom stereocenters. The van der Waals surface area contributed by atoms with Gasteiger partial charge in [-0.25, -0.2) is 0 Å². The first kappa shape index (κ1) is 20.3. The van der Waals surface area contributed by atoms with Crippen LogP contribution in [0.15, 0.2) is 24.3 Å². The first-order chi connectivity index (χ1) is 10.7. The number of hydrogen-bond acceptors (Lipinski definition) is 4. The second-order valence-corrected chi connectivity index (χ2v) is 7.01. The molecule has 134 valence electrons. The number of piperazine rings is 1. The van der Waals surface area contributed by atoms with Crippen molar-refractivity contribution in [3.8, 4) is 5.75 Å². The molecule has 6 nitrogen and oxygen atoms in total. The van der Waals surface area contributed by atoms with E-state index in [1.54, 1.807) is 21.9 Å². The van der Waals surface area contributed by atoms with Gasteiger partial charge in [0, 0.05) is 31.7 Å². The van der Waals surface area contributed by atoms with E-state index < -0.39 is 6.04 Å². The quantitative estimate of drug-likeness (QED) is 0.841. The van der Waals surface area contributed by atoms with Gasteiger partial charge in [-0.2, -0.15) is 0 Å². The average molecular weight is 356 g/mol. The smallest absolute Gasteiger partial charge is 0.254 e. The lowest BCUT2D eigenvalue weighted by atomic mass is 9.86. The van der Waals surface area contributed by atoms with E-state index in [9.17, 15) is 14.7 Å². The van der Waals surface area contributed by atoms with Crippen LogP contribution in [0.25, 0.3) is 0 Å². The van der Waals surface area contributed by atoms with E-state index in [-0.39, 0.29) is 35.4 Å². The van der Waals surface area contributed by atoms with E-state index in [0.717, 1.165) is 0 Å². The van der Waals surface area contributed by atoms with Crippen LogP contribution in [0.2, 0.25) is 0 Å². The summed E-state index contributed by atoms with van der Waals surface area (Å²) in [6, 6.07) is 5.76. The molecule has 0 aliphatic carbocycles. The second kappa shape index (κ2) is 7.85. The van der Waals surface area contributed by atoms with Gasteiger partial charge >= 0.3 is 0 Å². The van der Waals surface area contributed by atoms with Crippen LogP contribution in [0.5, 0.6) is 5.75 Å². The Morgan fingerprint density at radius 1 is 1.12 bits per heavy atom. The molecular formula is C17H26ClN3O3. The third-order valence-corrected chi connectivity index (χ3v) is 4.17. The fourth-order valence-electron chi connectivity index (χ4n) is 2.52. The molecule has 7 heteroatoms. The zero-order chi connectivity index (χ0) is 17.2. The first-order valence-electron chi connectivity index (χ1n) is 7.83. The third kappa shape index (κ3) is 4.61. The molecule has 1 fully saturated rings. The monoisotopic (exact) mass is 355 g/mol. The summed E-state index contributed by atoms with van der Waals surface area (Å²) in [5.41, 5.74) is 6.20. The van der Waals surface area contributed by atoms with Gasteiger partial charge in [0.05, 0.1) is 6.04 Å². The summed E-state index contributed by atoms with van der Waals surface area (Å²) in [5, 5.41) is 9.47. The second-order valence-electron chi connectivity index (χ2n) is 7.01. The van der Waals surface area contributed by atoms with E-state index in [1.165, 1.54) is 12.1 Å². The Morgan fingerprint density at radius 3 is 2.17 bits per heavy atom. The summed E-state index contributed by atoms with van der Waals surface area (Å²) in [5.74, 6) is -0.129. The first-order valence-corrected chi connectivity index (χ1v) is 7.83. The molecule has 24 heavy (non-hydrogen) atoms. The molecule has 0 unspecified atom stereocenters. The average Bonchev–Trinajstić information content (AvgIpc) is 2.52. The summed E-state index contributed by atoms with van der Waals surface area (Å²) in [4.78, 5) is 28.2. The number of rotatable bonds is 2. The summed E-state index contributed by atoms with van der Waals surface area (Å²) < 4.78 is 0. The van der Waals surface area contributed by atoms with Crippen LogP contribution < -0.4 is 5.73 Å². The Bertz CT molecular complexity index is 593. The topological polar surface area (TPSA) is 86.9 Å². The van der Waals surface area contributed by atoms with Crippen LogP contribution in [0.3, 0.4) is 0 Å². The number of hydrogen-bond donors (Lipinski definition) is 2. The van der Waals surface area contributed by atoms with Crippen molar-refractivity contribution in [1.29, 1.82) is 0 Å². The Hall–Kier alpha value is -1.79. The summed E-state index contributed by atoms with van der Waals surface area (Å²) >= 11 is 0. The molecule has 1 aromatic rings. The minimum Gasteiger partial charge on any atom is -0.508 e. The molecule has 0 radical (unpaired) electrons. The summed E-state index contributed by atoms with van der Waals surface area (Å²) in [6.45, 7) is 7.72. The highest BCUT2D eigenvalue weighted by Gasteiger charge is 2.33. The van der Waals surface area contributed by atoms with E-state index in [4.69, 9.17) is 5.73 Å². The van der Waals surface area contributed by atoms with Crippen molar-refractivity contribution in [2.45, 2.75) is 26.8 Å². The maximum absolute atomic E-state index is 12.4. The Morgan fingerprint density at radius 2 is 1.67 bits per heavy atom. The van der Waals surface area contributed by atoms with Crippen LogP contribution in [-0.4, -0.2) is 58.9 Å². The highest BCUT2D eigenvalue weighted by Crippen LogP contribution is 2.20. The van der Waals surface area contributed by atoms with Gasteiger partial charge in [-0.1, -0.05) is 26.8 Å². The molecule has 0 bridgehead atoms. The highest BCUT2D eigenvalue weighted by atomic mass is 35.5. The number of aromatic hydroxyl groups is 1. The maximum Gasteiger partial charge on any atom is 0.254 e. The van der Waals surface area contributed by atoms with E-state index in [1.807, 2.05) is 20.8 Å². The number of amides is 2. The van der Waals surface area contributed by atoms with Crippen LogP contribution in [0.1, 0.15) is 31.1 Å². The lowest BCUT2D eigenvalue weighted by molar-refractivity contribution is -0.136. The maximum atomic E-state index is 12.4. The molecule has 1 heterocycles. The van der Waals surface area contributed by atoms with E-state index in [2.05, 4.69) is 0 Å². The SMILES string of the molecule is CC(C)(C)[C@H](N)C(=O)N1CCN(C(=O)c2cccc(O)c2)CC1.Cl. The van der Waals surface area contributed by atoms with Gasteiger partial charge in [0.1, 0.15) is 5.75 Å². The van der Waals surface area contributed by atoms with E-state index >= 15 is 0 Å². The molecule has 0 aromatic heterocycles. The van der Waals surface area contributed by atoms with Gasteiger partial charge in [0.15, 0.2) is 0 Å². The molecular weight excluding hydrogens is 330 g/mol. The number of carbonyl (C=O) groups is 2. The van der Waals surface area contributed by atoms with Crippen LogP contribution in [0, 0.1) is 5.41 Å². The third-order valence-electron chi connectivity index (χ3n) is 4.17. The summed E-state index contributed by atoms with van der Waals surface area (Å²) in [7, 11) is 0. The lowest BCUT2D eigenvalue weighted by Gasteiger charge is -2.38. The largest absolute Gasteiger partial charge is 0.508 e. The van der Waals surface area contributed by atoms with Crippen molar-refractivity contribution in [2.75, 3.05) is 26.2 Å². The molecule has 2 rings (SSSR count). The van der Waals surface area contributed by atoms with Gasteiger partial charge in [-0.05, 0) is 23.6 Å². The van der Waals surface area contributed by atoms with Gasteiger partial charge in [-0.15, -0.1) is 12.4 Å². The number of benzene rings is 1. The van der Waals surface area contributed by atoms with Gasteiger partial charge in [-0.3, -0.25) is 9.59 Å². The molecule has 1 saturated heterocycles.